The second-order valence-corrected chi connectivity index (χ2v) is 44.4. The number of carbonyl (C=O) groups is 4. The van der Waals surface area contributed by atoms with Crippen LogP contribution in [0.1, 0.15) is 445 Å². The first-order valence-corrected chi connectivity index (χ1v) is 53.1. The molecular weight excluding hydrogens is 1600 g/mol. The monoisotopic (exact) mass is 1780 g/mol. The number of unbranched alkanes of at least 4 members (excludes halogenated alkanes) is 14. The Bertz CT molecular complexity index is 3740. The molecular formula is C113H180N8O8. The second-order valence-electron chi connectivity index (χ2n) is 44.4. The van der Waals surface area contributed by atoms with Gasteiger partial charge >= 0.3 is 23.9 Å². The maximum atomic E-state index is 16.3. The topological polar surface area (TPSA) is 174 Å². The Kier molecular flexibility index (Phi) is 45.2. The van der Waals surface area contributed by atoms with Crippen LogP contribution in [-0.2, 0) is 38.1 Å². The minimum atomic E-state index is -2.00. The molecule has 0 aromatic carbocycles. The lowest BCUT2D eigenvalue weighted by atomic mass is 9.70. The van der Waals surface area contributed by atoms with Gasteiger partial charge < -0.3 is 38.5 Å². The van der Waals surface area contributed by atoms with Gasteiger partial charge in [0.05, 0.1) is 13.1 Å². The first kappa shape index (κ1) is 107. The zero-order valence-electron chi connectivity index (χ0n) is 84.9. The molecule has 0 saturated carbocycles. The molecule has 4 saturated heterocycles. The van der Waals surface area contributed by atoms with Crippen molar-refractivity contribution in [2.45, 2.75) is 445 Å². The predicted octanol–water partition coefficient (Wildman–Crippen LogP) is 29.5. The number of nitrogens with zero attached hydrogens (tertiary/aromatic N) is 8. The molecule has 129 heavy (non-hydrogen) atoms. The van der Waals surface area contributed by atoms with Crippen molar-refractivity contribution in [3.63, 3.8) is 0 Å². The van der Waals surface area contributed by atoms with Crippen LogP contribution in [0.25, 0.3) is 9.69 Å². The minimum absolute atomic E-state index is 0.118. The second kappa shape index (κ2) is 54.4. The highest BCUT2D eigenvalue weighted by atomic mass is 16.6. The third-order valence-corrected chi connectivity index (χ3v) is 30.2. The fourth-order valence-corrected chi connectivity index (χ4v) is 22.9. The number of hydrogen-bond donors (Lipinski definition) is 0. The quantitative estimate of drug-likeness (QED) is 0.0140. The van der Waals surface area contributed by atoms with Crippen molar-refractivity contribution in [3.05, 3.63) is 113 Å². The molecule has 4 heterocycles. The molecule has 3 atom stereocenters. The van der Waals surface area contributed by atoms with Crippen LogP contribution in [0.5, 0.6) is 0 Å². The Labute approximate surface area is 786 Å². The molecule has 4 aliphatic carbocycles. The average molecular weight is 1780 g/mol. The average Bonchev–Trinajstić information content (AvgIpc) is 1.77. The van der Waals surface area contributed by atoms with Crippen molar-refractivity contribution in [3.8, 4) is 12.1 Å². The van der Waals surface area contributed by atoms with E-state index in [4.69, 9.17) is 18.9 Å². The molecule has 3 unspecified atom stereocenters. The summed E-state index contributed by atoms with van der Waals surface area (Å²) in [7, 11) is 0. The number of carbonyl (C=O) groups excluding carboxylic acids is 4. The van der Waals surface area contributed by atoms with E-state index < -0.39 is 55.7 Å². The van der Waals surface area contributed by atoms with Crippen molar-refractivity contribution in [1.82, 2.24) is 19.6 Å². The van der Waals surface area contributed by atoms with Crippen LogP contribution >= 0.6 is 0 Å². The highest BCUT2D eigenvalue weighted by Gasteiger charge is 2.46. The molecule has 8 rings (SSSR count). The lowest BCUT2D eigenvalue weighted by Gasteiger charge is -2.40. The highest BCUT2D eigenvalue weighted by Crippen LogP contribution is 2.53. The molecule has 0 bridgehead atoms. The standard InChI is InChI=1S/C113H180N8O8/c1-19-27-35-38-55-86(52-32-24-6)68-90-93(71-109(9,10)76-100(90)119-62-43-44-63-119)97(79-114)105(122)126-81-113(82-127-106(123)98(80-115)94-72-110(11,12)77-101(120-64-45-46-65-120)91(94)69-87(53-33-25-7)56-39-36-28-20-2,83-128-107(124)103(116-17)95-73-111(13,14)75-99(118-60-41-42-61-118)89(95)59-49-58-85(50-30-22-4)51-31-23-5)84-129-108(125)104(117-18)96-74-112(15,16)78-102(121-66-47-48-67-121)92(96)70-88(54-34-26-8)57-40-37-29-21-3/h85-88H,19-78,81-84H2,1-16H3/b97-93+,98-94+,103-95+,104-96-. The lowest BCUT2D eigenvalue weighted by Crippen LogP contribution is -2.44. The Hall–Kier alpha value is -7.04. The van der Waals surface area contributed by atoms with E-state index in [-0.39, 0.29) is 44.2 Å². The smallest absolute Gasteiger partial charge is 0.349 e. The summed E-state index contributed by atoms with van der Waals surface area (Å²) in [5.41, 5.74) is 7.82. The van der Waals surface area contributed by atoms with Crippen molar-refractivity contribution >= 4 is 23.9 Å². The van der Waals surface area contributed by atoms with E-state index in [9.17, 15) is 23.7 Å². The van der Waals surface area contributed by atoms with Gasteiger partial charge in [0.1, 0.15) is 55.1 Å². The summed E-state index contributed by atoms with van der Waals surface area (Å²) in [5, 5.41) is 24.0. The van der Waals surface area contributed by atoms with E-state index in [1.54, 1.807) is 0 Å². The molecule has 16 nitrogen and oxygen atoms in total. The third-order valence-electron chi connectivity index (χ3n) is 30.2. The molecule has 16 heteroatoms. The largest absolute Gasteiger partial charge is 0.470 e. The van der Waals surface area contributed by atoms with Gasteiger partial charge in [-0.3, -0.25) is 9.59 Å². The fraction of sp³-hybridized carbons (Fsp3) is 0.788. The van der Waals surface area contributed by atoms with E-state index in [2.05, 4.69) is 152 Å². The molecule has 0 aromatic rings. The fourth-order valence-electron chi connectivity index (χ4n) is 22.9. The highest BCUT2D eigenvalue weighted by molar-refractivity contribution is 5.96. The number of likely N-dealkylation sites (tertiary alicyclic amines) is 4. The van der Waals surface area contributed by atoms with Crippen molar-refractivity contribution < 1.29 is 38.1 Å². The zero-order chi connectivity index (χ0) is 93.6. The number of allylic oxidation sites excluding steroid dienone is 12. The Morgan fingerprint density at radius 1 is 0.326 bits per heavy atom. The number of esters is 4. The number of hydrogen-bond acceptors (Lipinski definition) is 14. The Morgan fingerprint density at radius 2 is 0.566 bits per heavy atom. The van der Waals surface area contributed by atoms with Gasteiger partial charge in [0, 0.05) is 75.1 Å². The maximum absolute atomic E-state index is 16.3. The van der Waals surface area contributed by atoms with Crippen molar-refractivity contribution in [1.29, 1.82) is 10.5 Å². The van der Waals surface area contributed by atoms with Gasteiger partial charge in [0.2, 0.25) is 0 Å². The molecule has 0 spiro atoms. The number of nitriles is 2. The number of ether oxygens (including phenoxy) is 4. The number of rotatable bonds is 56. The first-order chi connectivity index (χ1) is 62.0. The van der Waals surface area contributed by atoms with E-state index in [1.165, 1.54) is 67.7 Å². The maximum Gasteiger partial charge on any atom is 0.349 e. The van der Waals surface area contributed by atoms with Crippen molar-refractivity contribution in [2.75, 3.05) is 78.8 Å². The van der Waals surface area contributed by atoms with Gasteiger partial charge in [-0.15, -0.1) is 0 Å². The third kappa shape index (κ3) is 32.7. The summed E-state index contributed by atoms with van der Waals surface area (Å²) >= 11 is 0. The molecule has 0 amide bonds. The molecule has 0 aromatic heterocycles. The molecule has 0 N–H and O–H groups in total. The van der Waals surface area contributed by atoms with Crippen LogP contribution in [0.3, 0.4) is 0 Å². The van der Waals surface area contributed by atoms with Crippen LogP contribution in [0.15, 0.2) is 89.9 Å². The van der Waals surface area contributed by atoms with E-state index in [0.717, 1.165) is 319 Å². The van der Waals surface area contributed by atoms with Crippen molar-refractivity contribution in [2.24, 2.45) is 50.7 Å². The summed E-state index contributed by atoms with van der Waals surface area (Å²) in [5.74, 6) is -2.09. The molecule has 0 radical (unpaired) electrons. The summed E-state index contributed by atoms with van der Waals surface area (Å²) in [4.78, 5) is 83.7. The summed E-state index contributed by atoms with van der Waals surface area (Å²) in [6, 6.07) is 4.93. The van der Waals surface area contributed by atoms with Gasteiger partial charge in [0.25, 0.3) is 11.4 Å². The van der Waals surface area contributed by atoms with Gasteiger partial charge in [-0.05, 0) is 225 Å². The Morgan fingerprint density at radius 3 is 0.845 bits per heavy atom. The van der Waals surface area contributed by atoms with Crippen LogP contribution in [-0.4, -0.2) is 122 Å². The normalized spacial score (nSPS) is 21.5. The lowest BCUT2D eigenvalue weighted by molar-refractivity contribution is -0.165. The predicted molar refractivity (Wildman–Crippen MR) is 528 cm³/mol. The molecule has 4 fully saturated rings. The minimum Gasteiger partial charge on any atom is -0.470 e. The van der Waals surface area contributed by atoms with E-state index in [0.29, 0.717) is 90.9 Å². The van der Waals surface area contributed by atoms with Crippen LogP contribution in [0.2, 0.25) is 0 Å². The Balaban J connectivity index is 1.38. The first-order valence-electron chi connectivity index (χ1n) is 53.1. The summed E-state index contributed by atoms with van der Waals surface area (Å²) in [6.07, 6.45) is 51.3. The summed E-state index contributed by atoms with van der Waals surface area (Å²) < 4.78 is 27.5. The summed E-state index contributed by atoms with van der Waals surface area (Å²) in [6.45, 7) is 58.7. The van der Waals surface area contributed by atoms with Crippen LogP contribution < -0.4 is 0 Å². The molecule has 8 aliphatic rings. The zero-order valence-corrected chi connectivity index (χ0v) is 84.9. The van der Waals surface area contributed by atoms with Gasteiger partial charge in [-0.2, -0.15) is 10.5 Å². The van der Waals surface area contributed by atoms with Crippen LogP contribution in [0.4, 0.5) is 0 Å². The van der Waals surface area contributed by atoms with Gasteiger partial charge in [0.15, 0.2) is 0 Å². The van der Waals surface area contributed by atoms with E-state index >= 15 is 19.2 Å². The van der Waals surface area contributed by atoms with Gasteiger partial charge in [-0.1, -0.05) is 310 Å². The van der Waals surface area contributed by atoms with Gasteiger partial charge in [-0.25, -0.2) is 19.3 Å². The molecule has 4 aliphatic heterocycles. The molecule has 720 valence electrons. The SMILES string of the molecule is [C-]#[N+]/C(C(=O)OCC(COC(=O)/C(C#N)=C1\CC(C)(C)CC(N2CCCC2)=C1CC(CCCC)CCCCCC)(COC(=O)/C(C#N)=C1\CC(C)(C)CC(N2CCCC2)=C1CC(CCCC)CCCCCC)COC(=O)/C([N+]#[C-])=C1/CC(C)(C)CC(N2CCCC2)=C1CCCC(CCCC)CCCC)=C1/CC(C)(C)CC(N2CCCC2)=C1CC(CCCC)CCCCCC. The van der Waals surface area contributed by atoms with Crippen LogP contribution in [0, 0.1) is 86.6 Å². The van der Waals surface area contributed by atoms with E-state index in [1.807, 2.05) is 0 Å².